The van der Waals surface area contributed by atoms with E-state index in [4.69, 9.17) is 23.2 Å². The predicted molar refractivity (Wildman–Crippen MR) is 72.7 cm³/mol. The topological polar surface area (TPSA) is 20.2 Å². The molecule has 0 saturated heterocycles. The van der Waals surface area contributed by atoms with Gasteiger partial charge in [-0.15, -0.1) is 0 Å². The first-order valence-corrected chi connectivity index (χ1v) is 7.05. The Morgan fingerprint density at radius 2 is 1.94 bits per heavy atom. The molecule has 1 aromatic carbocycles. The number of aryl methyl sites for hydroxylation is 1. The molecule has 1 unspecified atom stereocenters. The third-order valence-corrected chi connectivity index (χ3v) is 4.54. The lowest BCUT2D eigenvalue weighted by Crippen LogP contribution is -2.18. The van der Waals surface area contributed by atoms with E-state index in [0.29, 0.717) is 16.0 Å². The van der Waals surface area contributed by atoms with Crippen LogP contribution in [0.4, 0.5) is 0 Å². The van der Waals surface area contributed by atoms with Crippen LogP contribution < -0.4 is 0 Å². The van der Waals surface area contributed by atoms with E-state index in [1.54, 1.807) is 6.07 Å². The maximum atomic E-state index is 10.1. The zero-order valence-corrected chi connectivity index (χ0v) is 11.3. The summed E-state index contributed by atoms with van der Waals surface area (Å²) in [5, 5.41) is 11.3. The highest BCUT2D eigenvalue weighted by molar-refractivity contribution is 6.42. The highest BCUT2D eigenvalue weighted by atomic mass is 35.5. The minimum atomic E-state index is -0.187. The van der Waals surface area contributed by atoms with Crippen molar-refractivity contribution in [3.63, 3.8) is 0 Å². The molecular formula is C14H18Cl2O. The molecule has 0 aliphatic heterocycles. The van der Waals surface area contributed by atoms with Gasteiger partial charge in [0.2, 0.25) is 0 Å². The molecule has 1 saturated carbocycles. The summed E-state index contributed by atoms with van der Waals surface area (Å²) in [4.78, 5) is 0. The molecule has 1 N–H and O–H groups in total. The molecule has 0 amide bonds. The van der Waals surface area contributed by atoms with Crippen LogP contribution in [-0.2, 0) is 6.42 Å². The number of hydrogen-bond donors (Lipinski definition) is 1. The van der Waals surface area contributed by atoms with Crippen LogP contribution in [0, 0.1) is 5.92 Å². The molecule has 2 rings (SSSR count). The van der Waals surface area contributed by atoms with Crippen molar-refractivity contribution < 1.29 is 5.11 Å². The third-order valence-electron chi connectivity index (χ3n) is 3.68. The van der Waals surface area contributed by atoms with Crippen molar-refractivity contribution in [1.82, 2.24) is 0 Å². The lowest BCUT2D eigenvalue weighted by atomic mass is 9.95. The average Bonchev–Trinajstić information content (AvgIpc) is 2.84. The molecule has 3 heteroatoms. The second kappa shape index (κ2) is 6.08. The number of halogens is 2. The van der Waals surface area contributed by atoms with Crippen molar-refractivity contribution >= 4 is 23.2 Å². The molecular weight excluding hydrogens is 255 g/mol. The number of aliphatic hydroxyl groups is 1. The largest absolute Gasteiger partial charge is 0.393 e. The molecule has 1 nitrogen and oxygen atoms in total. The number of rotatable bonds is 4. The zero-order chi connectivity index (χ0) is 12.3. The molecule has 94 valence electrons. The van der Waals surface area contributed by atoms with Crippen molar-refractivity contribution in [3.8, 4) is 0 Å². The highest BCUT2D eigenvalue weighted by Gasteiger charge is 2.22. The van der Waals surface area contributed by atoms with Gasteiger partial charge in [-0.3, -0.25) is 0 Å². The predicted octanol–water partition coefficient (Wildman–Crippen LogP) is 4.48. The van der Waals surface area contributed by atoms with Crippen LogP contribution in [0.5, 0.6) is 0 Å². The smallest absolute Gasteiger partial charge is 0.0624 e. The molecule has 1 aliphatic carbocycles. The summed E-state index contributed by atoms with van der Waals surface area (Å²) in [6.07, 6.45) is 6.27. The Hall–Kier alpha value is -0.240. The molecule has 0 aromatic heterocycles. The maximum Gasteiger partial charge on any atom is 0.0624 e. The first-order valence-electron chi connectivity index (χ1n) is 6.29. The van der Waals surface area contributed by atoms with Gasteiger partial charge in [0.05, 0.1) is 16.1 Å². The van der Waals surface area contributed by atoms with Crippen LogP contribution in [0.15, 0.2) is 18.2 Å². The van der Waals surface area contributed by atoms with Gasteiger partial charge in [0, 0.05) is 0 Å². The molecule has 1 aromatic rings. The van der Waals surface area contributed by atoms with Gasteiger partial charge in [-0.25, -0.2) is 0 Å². The lowest BCUT2D eigenvalue weighted by molar-refractivity contribution is 0.102. The van der Waals surface area contributed by atoms with Gasteiger partial charge in [0.25, 0.3) is 0 Å². The van der Waals surface area contributed by atoms with Crippen molar-refractivity contribution in [1.29, 1.82) is 0 Å². The van der Waals surface area contributed by atoms with Gasteiger partial charge < -0.3 is 5.11 Å². The minimum Gasteiger partial charge on any atom is -0.393 e. The Balaban J connectivity index is 1.90. The summed E-state index contributed by atoms with van der Waals surface area (Å²) in [5.41, 5.74) is 1.04. The fraction of sp³-hybridized carbons (Fsp3) is 0.571. The maximum absolute atomic E-state index is 10.1. The Morgan fingerprint density at radius 1 is 1.24 bits per heavy atom. The van der Waals surface area contributed by atoms with Crippen LogP contribution >= 0.6 is 23.2 Å². The van der Waals surface area contributed by atoms with Crippen molar-refractivity contribution in [2.45, 2.75) is 44.6 Å². The Labute approximate surface area is 113 Å². The second-order valence-corrected chi connectivity index (χ2v) is 5.65. The molecule has 1 atom stereocenters. The Kier molecular flexibility index (Phi) is 4.72. The van der Waals surface area contributed by atoms with E-state index >= 15 is 0 Å². The van der Waals surface area contributed by atoms with E-state index in [0.717, 1.165) is 18.4 Å². The van der Waals surface area contributed by atoms with Crippen LogP contribution in [-0.4, -0.2) is 11.2 Å². The summed E-state index contributed by atoms with van der Waals surface area (Å²) in [7, 11) is 0. The summed E-state index contributed by atoms with van der Waals surface area (Å²) < 4.78 is 0. The summed E-state index contributed by atoms with van der Waals surface area (Å²) in [5.74, 6) is 0.493. The van der Waals surface area contributed by atoms with Gasteiger partial charge in [0.15, 0.2) is 0 Å². The highest BCUT2D eigenvalue weighted by Crippen LogP contribution is 2.31. The first-order chi connectivity index (χ1) is 8.18. The van der Waals surface area contributed by atoms with E-state index in [-0.39, 0.29) is 6.10 Å². The van der Waals surface area contributed by atoms with E-state index < -0.39 is 0 Å². The monoisotopic (exact) mass is 272 g/mol. The minimum absolute atomic E-state index is 0.187. The fourth-order valence-electron chi connectivity index (χ4n) is 2.62. The normalized spacial score (nSPS) is 18.5. The van der Waals surface area contributed by atoms with Gasteiger partial charge in [-0.2, -0.15) is 0 Å². The van der Waals surface area contributed by atoms with E-state index in [1.807, 2.05) is 12.1 Å². The average molecular weight is 273 g/mol. The summed E-state index contributed by atoms with van der Waals surface area (Å²) in [6.45, 7) is 0. The van der Waals surface area contributed by atoms with E-state index in [1.165, 1.54) is 25.7 Å². The lowest BCUT2D eigenvalue weighted by Gasteiger charge is -2.17. The number of aliphatic hydroxyl groups excluding tert-OH is 1. The molecule has 1 fully saturated rings. The second-order valence-electron chi connectivity index (χ2n) is 4.86. The van der Waals surface area contributed by atoms with Crippen LogP contribution in [0.3, 0.4) is 0 Å². The first kappa shape index (κ1) is 13.2. The van der Waals surface area contributed by atoms with E-state index in [9.17, 15) is 5.11 Å². The van der Waals surface area contributed by atoms with Crippen LogP contribution in [0.1, 0.15) is 37.7 Å². The van der Waals surface area contributed by atoms with Gasteiger partial charge in [-0.1, -0.05) is 48.2 Å². The van der Waals surface area contributed by atoms with Gasteiger partial charge in [-0.05, 0) is 43.2 Å². The van der Waals surface area contributed by atoms with Crippen molar-refractivity contribution in [2.75, 3.05) is 0 Å². The standard InChI is InChI=1S/C14H18Cl2O/c15-12-7-3-6-11(14(12)16)8-9-13(17)10-4-1-2-5-10/h3,6-7,10,13,17H,1-2,4-5,8-9H2. The zero-order valence-electron chi connectivity index (χ0n) is 9.83. The van der Waals surface area contributed by atoms with Crippen LogP contribution in [0.2, 0.25) is 10.0 Å². The quantitative estimate of drug-likeness (QED) is 0.857. The molecule has 0 spiro atoms. The summed E-state index contributed by atoms with van der Waals surface area (Å²) in [6, 6.07) is 5.68. The molecule has 1 aliphatic rings. The van der Waals surface area contributed by atoms with Crippen LogP contribution in [0.25, 0.3) is 0 Å². The molecule has 0 radical (unpaired) electrons. The fourth-order valence-corrected chi connectivity index (χ4v) is 3.04. The Bertz CT molecular complexity index is 372. The van der Waals surface area contributed by atoms with Gasteiger partial charge >= 0.3 is 0 Å². The van der Waals surface area contributed by atoms with Crippen molar-refractivity contribution in [3.05, 3.63) is 33.8 Å². The van der Waals surface area contributed by atoms with Crippen molar-refractivity contribution in [2.24, 2.45) is 5.92 Å². The molecule has 0 heterocycles. The summed E-state index contributed by atoms with van der Waals surface area (Å²) >= 11 is 12.1. The molecule has 0 bridgehead atoms. The van der Waals surface area contributed by atoms with Gasteiger partial charge in [0.1, 0.15) is 0 Å². The molecule has 17 heavy (non-hydrogen) atoms. The van der Waals surface area contributed by atoms with E-state index in [2.05, 4.69) is 0 Å². The number of hydrogen-bond acceptors (Lipinski definition) is 1. The number of benzene rings is 1. The third kappa shape index (κ3) is 3.37. The SMILES string of the molecule is OC(CCc1cccc(Cl)c1Cl)C1CCCC1. The Morgan fingerprint density at radius 3 is 2.65 bits per heavy atom.